The second kappa shape index (κ2) is 5.51. The Morgan fingerprint density at radius 3 is 2.90 bits per heavy atom. The minimum Gasteiger partial charge on any atom is -0.497 e. The maximum absolute atomic E-state index is 6.30. The Bertz CT molecular complexity index is 531. The number of thioether (sulfide) groups is 1. The number of hydrogen-bond donors (Lipinski definition) is 1. The molecule has 0 saturated carbocycles. The molecule has 20 heavy (non-hydrogen) atoms. The maximum atomic E-state index is 6.30. The fourth-order valence-corrected chi connectivity index (χ4v) is 3.33. The van der Waals surface area contributed by atoms with Crippen LogP contribution < -0.4 is 10.5 Å². The lowest BCUT2D eigenvalue weighted by Gasteiger charge is -2.36. The highest BCUT2D eigenvalue weighted by atomic mass is 32.2. The molecule has 2 aliphatic heterocycles. The summed E-state index contributed by atoms with van der Waals surface area (Å²) in [5, 5.41) is 1.67. The van der Waals surface area contributed by atoms with Crippen molar-refractivity contribution in [3.8, 4) is 5.75 Å². The van der Waals surface area contributed by atoms with Crippen LogP contribution in [0.25, 0.3) is 0 Å². The highest BCUT2D eigenvalue weighted by Crippen LogP contribution is 2.36. The van der Waals surface area contributed by atoms with Gasteiger partial charge in [-0.2, -0.15) is 5.06 Å². The molecule has 0 aliphatic carbocycles. The van der Waals surface area contributed by atoms with Crippen molar-refractivity contribution >= 4 is 23.4 Å². The van der Waals surface area contributed by atoms with Crippen LogP contribution >= 0.6 is 11.8 Å². The fourth-order valence-electron chi connectivity index (χ4n) is 2.38. The number of guanidine groups is 1. The number of nitrogens with two attached hydrogens (primary N) is 1. The molecule has 1 aromatic rings. The summed E-state index contributed by atoms with van der Waals surface area (Å²) in [6, 6.07) is 5.73. The molecule has 0 radical (unpaired) electrons. The Kier molecular flexibility index (Phi) is 3.73. The highest BCUT2D eigenvalue weighted by molar-refractivity contribution is 7.99. The minimum atomic E-state index is -0.362. The van der Waals surface area contributed by atoms with Gasteiger partial charge in [-0.05, 0) is 12.1 Å². The molecule has 1 aromatic carbocycles. The van der Waals surface area contributed by atoms with Gasteiger partial charge in [0.1, 0.15) is 11.9 Å². The molecule has 108 valence electrons. The number of methoxy groups -OCH3 is 1. The van der Waals surface area contributed by atoms with Crippen molar-refractivity contribution in [1.82, 2.24) is 9.96 Å². The van der Waals surface area contributed by atoms with Crippen molar-refractivity contribution < 1.29 is 9.57 Å². The number of aliphatic imine (C=N–C) groups is 1. The smallest absolute Gasteiger partial charge is 0.228 e. The van der Waals surface area contributed by atoms with Crippen LogP contribution in [0.15, 0.2) is 23.2 Å². The van der Waals surface area contributed by atoms with Crippen molar-refractivity contribution in [3.05, 3.63) is 23.8 Å². The quantitative estimate of drug-likeness (QED) is 0.892. The van der Waals surface area contributed by atoms with E-state index in [4.69, 9.17) is 20.3 Å². The van der Waals surface area contributed by atoms with Crippen LogP contribution in [0.3, 0.4) is 0 Å². The molecule has 0 aromatic heterocycles. The minimum absolute atomic E-state index is 0.362. The summed E-state index contributed by atoms with van der Waals surface area (Å²) in [7, 11) is 3.26. The summed E-state index contributed by atoms with van der Waals surface area (Å²) < 4.78 is 5.26. The van der Waals surface area contributed by atoms with Crippen LogP contribution in [0.2, 0.25) is 0 Å². The fraction of sp³-hybridized carbons (Fsp3) is 0.462. The third kappa shape index (κ3) is 2.21. The first-order valence-corrected chi connectivity index (χ1v) is 7.58. The van der Waals surface area contributed by atoms with E-state index in [2.05, 4.69) is 4.90 Å². The van der Waals surface area contributed by atoms with Gasteiger partial charge in [0.05, 0.1) is 25.8 Å². The van der Waals surface area contributed by atoms with Gasteiger partial charge >= 0.3 is 0 Å². The molecule has 2 aliphatic rings. The molecule has 6 nitrogen and oxygen atoms in total. The lowest BCUT2D eigenvalue weighted by molar-refractivity contribution is -0.107. The molecular weight excluding hydrogens is 276 g/mol. The Labute approximate surface area is 122 Å². The van der Waals surface area contributed by atoms with Gasteiger partial charge in [0.25, 0.3) is 0 Å². The van der Waals surface area contributed by atoms with E-state index in [0.717, 1.165) is 41.1 Å². The van der Waals surface area contributed by atoms with Crippen LogP contribution in [0.5, 0.6) is 5.75 Å². The van der Waals surface area contributed by atoms with Crippen molar-refractivity contribution in [2.24, 2.45) is 10.7 Å². The maximum Gasteiger partial charge on any atom is 0.228 e. The molecule has 1 unspecified atom stereocenters. The second-order valence-electron chi connectivity index (χ2n) is 4.59. The Balaban J connectivity index is 2.04. The molecule has 0 amide bonds. The van der Waals surface area contributed by atoms with Crippen LogP contribution in [-0.2, 0) is 4.84 Å². The monoisotopic (exact) mass is 294 g/mol. The predicted octanol–water partition coefficient (Wildman–Crippen LogP) is 1.52. The molecular formula is C13H18N4O2S. The number of benzene rings is 1. The first-order valence-electron chi connectivity index (χ1n) is 6.43. The van der Waals surface area contributed by atoms with Crippen LogP contribution in [0, 0.1) is 0 Å². The summed E-state index contributed by atoms with van der Waals surface area (Å²) in [6.07, 6.45) is -0.362. The number of fused-ring (bicyclic) bond motifs is 1. The summed E-state index contributed by atoms with van der Waals surface area (Å²) in [5.41, 5.74) is 8.07. The topological polar surface area (TPSA) is 63.3 Å². The Morgan fingerprint density at radius 1 is 1.40 bits per heavy atom. The molecule has 2 N–H and O–H groups in total. The van der Waals surface area contributed by atoms with Crippen LogP contribution in [0.4, 0.5) is 5.69 Å². The normalized spacial score (nSPS) is 21.8. The zero-order valence-electron chi connectivity index (χ0n) is 11.6. The number of nitrogens with zero attached hydrogens (tertiary/aromatic N) is 3. The molecule has 1 fully saturated rings. The molecule has 7 heteroatoms. The Hall–Kier alpha value is -1.44. The average Bonchev–Trinajstić information content (AvgIpc) is 3.00. The number of ether oxygens (including phenoxy) is 1. The molecule has 3 rings (SSSR count). The van der Waals surface area contributed by atoms with Crippen molar-refractivity contribution in [1.29, 1.82) is 0 Å². The molecule has 0 bridgehead atoms. The number of rotatable bonds is 2. The summed E-state index contributed by atoms with van der Waals surface area (Å²) in [6.45, 7) is 0.954. The van der Waals surface area contributed by atoms with E-state index in [-0.39, 0.29) is 6.17 Å². The SMILES string of the molecule is COc1ccc2c(c1)N=C(N1CCSC1)N(OC)C2N. The van der Waals surface area contributed by atoms with Gasteiger partial charge in [0.2, 0.25) is 5.96 Å². The van der Waals surface area contributed by atoms with Crippen molar-refractivity contribution in [3.63, 3.8) is 0 Å². The largest absolute Gasteiger partial charge is 0.497 e. The van der Waals surface area contributed by atoms with Gasteiger partial charge in [-0.1, -0.05) is 0 Å². The van der Waals surface area contributed by atoms with E-state index in [9.17, 15) is 0 Å². The zero-order valence-corrected chi connectivity index (χ0v) is 12.4. The third-order valence-electron chi connectivity index (χ3n) is 3.46. The average molecular weight is 294 g/mol. The lowest BCUT2D eigenvalue weighted by Crippen LogP contribution is -2.48. The van der Waals surface area contributed by atoms with E-state index >= 15 is 0 Å². The summed E-state index contributed by atoms with van der Waals surface area (Å²) >= 11 is 1.88. The third-order valence-corrected chi connectivity index (χ3v) is 4.42. The summed E-state index contributed by atoms with van der Waals surface area (Å²) in [5.74, 6) is 3.55. The molecule has 2 heterocycles. The van der Waals surface area contributed by atoms with Gasteiger partial charge in [-0.25, -0.2) is 4.99 Å². The van der Waals surface area contributed by atoms with E-state index in [1.165, 1.54) is 0 Å². The van der Waals surface area contributed by atoms with Gasteiger partial charge in [0.15, 0.2) is 0 Å². The van der Waals surface area contributed by atoms with E-state index in [0.29, 0.717) is 0 Å². The first-order chi connectivity index (χ1) is 9.74. The summed E-state index contributed by atoms with van der Waals surface area (Å²) in [4.78, 5) is 12.3. The lowest BCUT2D eigenvalue weighted by atomic mass is 10.1. The highest BCUT2D eigenvalue weighted by Gasteiger charge is 2.32. The van der Waals surface area contributed by atoms with Gasteiger partial charge in [-0.15, -0.1) is 11.8 Å². The molecule has 0 spiro atoms. The number of hydroxylamine groups is 2. The van der Waals surface area contributed by atoms with Crippen molar-refractivity contribution in [2.75, 3.05) is 32.4 Å². The van der Waals surface area contributed by atoms with E-state index < -0.39 is 0 Å². The van der Waals surface area contributed by atoms with Crippen LogP contribution in [0.1, 0.15) is 11.7 Å². The van der Waals surface area contributed by atoms with E-state index in [1.807, 2.05) is 30.0 Å². The second-order valence-corrected chi connectivity index (χ2v) is 5.67. The molecule has 1 saturated heterocycles. The predicted molar refractivity (Wildman–Crippen MR) is 79.9 cm³/mol. The van der Waals surface area contributed by atoms with Crippen LogP contribution in [-0.4, -0.2) is 48.3 Å². The zero-order chi connectivity index (χ0) is 14.1. The van der Waals surface area contributed by atoms with E-state index in [1.54, 1.807) is 19.3 Å². The standard InChI is InChI=1S/C13H18N4O2S/c1-18-9-3-4-10-11(7-9)15-13(16-5-6-20-8-16)17(19-2)12(10)14/h3-4,7,12H,5-6,8,14H2,1-2H3. The van der Waals surface area contributed by atoms with Gasteiger partial charge in [0, 0.05) is 23.9 Å². The van der Waals surface area contributed by atoms with Gasteiger partial charge in [-0.3, -0.25) is 4.84 Å². The molecule has 1 atom stereocenters. The van der Waals surface area contributed by atoms with Gasteiger partial charge < -0.3 is 15.4 Å². The number of hydrogen-bond acceptors (Lipinski definition) is 7. The first kappa shape index (κ1) is 13.5. The van der Waals surface area contributed by atoms with Crippen molar-refractivity contribution in [2.45, 2.75) is 6.17 Å². The Morgan fingerprint density at radius 2 is 2.25 bits per heavy atom.